The molecule has 3 fully saturated rings. The fourth-order valence-electron chi connectivity index (χ4n) is 4.82. The number of benzene rings is 2. The first kappa shape index (κ1) is 15.4. The van der Waals surface area contributed by atoms with Gasteiger partial charge in [-0.3, -0.25) is 9.59 Å². The number of carbonyl (C=O) groups excluding carboxylic acids is 2. The van der Waals surface area contributed by atoms with Gasteiger partial charge in [0.25, 0.3) is 0 Å². The summed E-state index contributed by atoms with van der Waals surface area (Å²) < 4.78 is 11.2. The predicted octanol–water partition coefficient (Wildman–Crippen LogP) is 3.62. The summed E-state index contributed by atoms with van der Waals surface area (Å²) >= 11 is 0. The molecule has 0 unspecified atom stereocenters. The van der Waals surface area contributed by atoms with Crippen molar-refractivity contribution in [1.29, 1.82) is 0 Å². The number of amides is 1. The molecule has 1 N–H and O–H groups in total. The van der Waals surface area contributed by atoms with E-state index < -0.39 is 0 Å². The summed E-state index contributed by atoms with van der Waals surface area (Å²) in [6.45, 7) is 0. The van der Waals surface area contributed by atoms with Gasteiger partial charge in [-0.1, -0.05) is 18.2 Å². The molecule has 2 aromatic carbocycles. The maximum Gasteiger partial charge on any atom is 0.310 e. The highest BCUT2D eigenvalue weighted by Gasteiger charge is 2.63. The zero-order valence-corrected chi connectivity index (χ0v) is 14.1. The molecule has 26 heavy (non-hydrogen) atoms. The minimum absolute atomic E-state index is 0.0518. The Morgan fingerprint density at radius 2 is 1.73 bits per heavy atom. The zero-order chi connectivity index (χ0) is 17.7. The van der Waals surface area contributed by atoms with Gasteiger partial charge in [0.2, 0.25) is 5.91 Å². The molecule has 0 radical (unpaired) electrons. The van der Waals surface area contributed by atoms with E-state index in [0.29, 0.717) is 11.4 Å². The van der Waals surface area contributed by atoms with Crippen molar-refractivity contribution in [3.63, 3.8) is 0 Å². The molecule has 1 saturated heterocycles. The van der Waals surface area contributed by atoms with E-state index in [-0.39, 0.29) is 41.7 Å². The van der Waals surface area contributed by atoms with Crippen LogP contribution in [0.25, 0.3) is 0 Å². The summed E-state index contributed by atoms with van der Waals surface area (Å²) in [5, 5.41) is 2.96. The first-order chi connectivity index (χ1) is 12.7. The number of hydrogen-bond donors (Lipinski definition) is 1. The Morgan fingerprint density at radius 1 is 1.00 bits per heavy atom. The highest BCUT2D eigenvalue weighted by molar-refractivity contribution is 5.97. The molecule has 1 heterocycles. The molecular formula is C21H19NO4. The summed E-state index contributed by atoms with van der Waals surface area (Å²) in [6.07, 6.45) is 1.81. The van der Waals surface area contributed by atoms with Gasteiger partial charge in [0.15, 0.2) is 0 Å². The van der Waals surface area contributed by atoms with Gasteiger partial charge in [-0.15, -0.1) is 0 Å². The van der Waals surface area contributed by atoms with Crippen LogP contribution in [0.2, 0.25) is 0 Å². The number of esters is 1. The van der Waals surface area contributed by atoms with Crippen LogP contribution >= 0.6 is 0 Å². The molecule has 2 aromatic rings. The molecule has 3 aliphatic rings. The largest absolute Gasteiger partial charge is 0.462 e. The lowest BCUT2D eigenvalue weighted by Gasteiger charge is -2.23. The lowest BCUT2D eigenvalue weighted by Crippen LogP contribution is -2.35. The summed E-state index contributed by atoms with van der Waals surface area (Å²) in [7, 11) is 0. The van der Waals surface area contributed by atoms with Crippen LogP contribution in [0.3, 0.4) is 0 Å². The quantitative estimate of drug-likeness (QED) is 0.857. The number of ether oxygens (including phenoxy) is 2. The van der Waals surface area contributed by atoms with E-state index in [2.05, 4.69) is 5.32 Å². The third-order valence-electron chi connectivity index (χ3n) is 5.89. The molecule has 5 rings (SSSR count). The first-order valence-electron chi connectivity index (χ1n) is 9.03. The van der Waals surface area contributed by atoms with Gasteiger partial charge in [0, 0.05) is 11.6 Å². The molecule has 2 bridgehead atoms. The van der Waals surface area contributed by atoms with Crippen molar-refractivity contribution in [2.24, 2.45) is 23.7 Å². The van der Waals surface area contributed by atoms with E-state index in [9.17, 15) is 9.59 Å². The zero-order valence-electron chi connectivity index (χ0n) is 14.1. The molecule has 5 nitrogen and oxygen atoms in total. The van der Waals surface area contributed by atoms with Crippen LogP contribution in [0.1, 0.15) is 12.8 Å². The van der Waals surface area contributed by atoms with Crippen molar-refractivity contribution in [3.8, 4) is 11.5 Å². The molecule has 1 amide bonds. The number of para-hydroxylation sites is 1. The van der Waals surface area contributed by atoms with Gasteiger partial charge in [-0.2, -0.15) is 0 Å². The average Bonchev–Trinajstić information content (AvgIpc) is 3.26. The Kier molecular flexibility index (Phi) is 3.48. The highest BCUT2D eigenvalue weighted by atomic mass is 16.6. The number of hydrogen-bond acceptors (Lipinski definition) is 4. The summed E-state index contributed by atoms with van der Waals surface area (Å²) in [5.74, 6) is 1.21. The minimum atomic E-state index is -0.258. The molecule has 1 aliphatic heterocycles. The Labute approximate surface area is 151 Å². The SMILES string of the molecule is O=C(Nc1ccc(Oc2ccccc2)cc1)[C@H]1[C@@H]2C[C@H]3[C@@H]1C(=O)O[C@@H]3C2. The molecule has 0 spiro atoms. The summed E-state index contributed by atoms with van der Waals surface area (Å²) in [4.78, 5) is 24.8. The second-order valence-electron chi connectivity index (χ2n) is 7.35. The van der Waals surface area contributed by atoms with E-state index in [4.69, 9.17) is 9.47 Å². The Hall–Kier alpha value is -2.82. The Morgan fingerprint density at radius 3 is 2.50 bits per heavy atom. The minimum Gasteiger partial charge on any atom is -0.462 e. The fraction of sp³-hybridized carbons (Fsp3) is 0.333. The molecule has 132 valence electrons. The van der Waals surface area contributed by atoms with Crippen LogP contribution in [0, 0.1) is 23.7 Å². The third kappa shape index (κ3) is 2.46. The highest BCUT2D eigenvalue weighted by Crippen LogP contribution is 2.57. The van der Waals surface area contributed by atoms with Gasteiger partial charge in [0.1, 0.15) is 17.6 Å². The smallest absolute Gasteiger partial charge is 0.310 e. The van der Waals surface area contributed by atoms with E-state index in [1.807, 2.05) is 54.6 Å². The van der Waals surface area contributed by atoms with Crippen LogP contribution in [-0.2, 0) is 14.3 Å². The molecule has 2 aliphatic carbocycles. The van der Waals surface area contributed by atoms with E-state index in [1.165, 1.54) is 0 Å². The van der Waals surface area contributed by atoms with Crippen molar-refractivity contribution in [2.45, 2.75) is 18.9 Å². The normalized spacial score (nSPS) is 30.9. The third-order valence-corrected chi connectivity index (χ3v) is 5.89. The van der Waals surface area contributed by atoms with Crippen molar-refractivity contribution >= 4 is 17.6 Å². The molecular weight excluding hydrogens is 330 g/mol. The molecule has 5 atom stereocenters. The van der Waals surface area contributed by atoms with E-state index >= 15 is 0 Å². The maximum absolute atomic E-state index is 12.8. The number of fused-ring (bicyclic) bond motifs is 1. The van der Waals surface area contributed by atoms with Crippen LogP contribution in [-0.4, -0.2) is 18.0 Å². The van der Waals surface area contributed by atoms with Crippen LogP contribution in [0.15, 0.2) is 54.6 Å². The lowest BCUT2D eigenvalue weighted by molar-refractivity contribution is -0.145. The first-order valence-corrected chi connectivity index (χ1v) is 9.03. The van der Waals surface area contributed by atoms with Gasteiger partial charge in [-0.05, 0) is 55.2 Å². The van der Waals surface area contributed by atoms with Gasteiger partial charge < -0.3 is 14.8 Å². The summed E-state index contributed by atoms with van der Waals surface area (Å²) in [6, 6.07) is 16.8. The monoisotopic (exact) mass is 349 g/mol. The van der Waals surface area contributed by atoms with Crippen molar-refractivity contribution in [2.75, 3.05) is 5.32 Å². The van der Waals surface area contributed by atoms with E-state index in [1.54, 1.807) is 0 Å². The van der Waals surface area contributed by atoms with Crippen molar-refractivity contribution in [1.82, 2.24) is 0 Å². The second-order valence-corrected chi connectivity index (χ2v) is 7.35. The van der Waals surface area contributed by atoms with Crippen molar-refractivity contribution < 1.29 is 19.1 Å². The van der Waals surface area contributed by atoms with Crippen LogP contribution in [0.5, 0.6) is 11.5 Å². The average molecular weight is 349 g/mol. The van der Waals surface area contributed by atoms with Gasteiger partial charge in [-0.25, -0.2) is 0 Å². The number of nitrogens with one attached hydrogen (secondary N) is 1. The molecule has 2 saturated carbocycles. The number of rotatable bonds is 4. The molecule has 5 heteroatoms. The number of carbonyl (C=O) groups is 2. The Balaban J connectivity index is 1.27. The standard InChI is InChI=1S/C21H19NO4/c23-20(18-12-10-16-17(11-12)26-21(24)19(16)18)22-13-6-8-15(9-7-13)25-14-4-2-1-3-5-14/h1-9,12,16-19H,10-11H2,(H,22,23)/t12-,16-,17-,18+,19+/m1/s1. The number of anilines is 1. The van der Waals surface area contributed by atoms with Crippen molar-refractivity contribution in [3.05, 3.63) is 54.6 Å². The van der Waals surface area contributed by atoms with Crippen LogP contribution < -0.4 is 10.1 Å². The van der Waals surface area contributed by atoms with E-state index in [0.717, 1.165) is 18.6 Å². The lowest BCUT2D eigenvalue weighted by atomic mass is 9.79. The summed E-state index contributed by atoms with van der Waals surface area (Å²) in [5.41, 5.74) is 0.709. The molecule has 0 aromatic heterocycles. The fourth-order valence-corrected chi connectivity index (χ4v) is 4.82. The topological polar surface area (TPSA) is 64.6 Å². The maximum atomic E-state index is 12.8. The van der Waals surface area contributed by atoms with Crippen LogP contribution in [0.4, 0.5) is 5.69 Å². The predicted molar refractivity (Wildman–Crippen MR) is 94.7 cm³/mol. The second kappa shape index (κ2) is 5.87. The Bertz CT molecular complexity index is 846. The van der Waals surface area contributed by atoms with Gasteiger partial charge >= 0.3 is 5.97 Å². The van der Waals surface area contributed by atoms with Gasteiger partial charge in [0.05, 0.1) is 11.8 Å².